The highest BCUT2D eigenvalue weighted by Crippen LogP contribution is 2.14. The summed E-state index contributed by atoms with van der Waals surface area (Å²) in [5.41, 5.74) is 6.57. The molecule has 0 saturated heterocycles. The molecule has 1 aromatic rings. The molecule has 0 aliphatic carbocycles. The van der Waals surface area contributed by atoms with Crippen LogP contribution in [0.4, 0.5) is 5.69 Å². The van der Waals surface area contributed by atoms with Gasteiger partial charge in [-0.2, -0.15) is 0 Å². The SMILES string of the molecule is CC(C)N(CCCO)C(=O)c1ccncc1N. The van der Waals surface area contributed by atoms with Crippen LogP contribution >= 0.6 is 0 Å². The summed E-state index contributed by atoms with van der Waals surface area (Å²) in [5, 5.41) is 8.83. The fourth-order valence-electron chi connectivity index (χ4n) is 1.59. The van der Waals surface area contributed by atoms with Crippen LogP contribution in [0.2, 0.25) is 0 Å². The Hall–Kier alpha value is -1.62. The summed E-state index contributed by atoms with van der Waals surface area (Å²) in [6.45, 7) is 4.47. The van der Waals surface area contributed by atoms with E-state index in [-0.39, 0.29) is 18.6 Å². The summed E-state index contributed by atoms with van der Waals surface area (Å²) >= 11 is 0. The minimum atomic E-state index is -0.117. The highest BCUT2D eigenvalue weighted by molar-refractivity contribution is 5.99. The van der Waals surface area contributed by atoms with Gasteiger partial charge in [-0.1, -0.05) is 0 Å². The number of aliphatic hydroxyl groups is 1. The molecule has 1 heterocycles. The minimum Gasteiger partial charge on any atom is -0.397 e. The average molecular weight is 237 g/mol. The molecule has 3 N–H and O–H groups in total. The monoisotopic (exact) mass is 237 g/mol. The third kappa shape index (κ3) is 3.42. The van der Waals surface area contributed by atoms with E-state index in [1.807, 2.05) is 13.8 Å². The summed E-state index contributed by atoms with van der Waals surface area (Å²) in [6, 6.07) is 1.69. The Balaban J connectivity index is 2.88. The molecule has 0 spiro atoms. The quantitative estimate of drug-likeness (QED) is 0.797. The maximum Gasteiger partial charge on any atom is 0.256 e. The molecule has 0 radical (unpaired) electrons. The van der Waals surface area contributed by atoms with Crippen molar-refractivity contribution in [1.29, 1.82) is 0 Å². The number of hydrogen-bond acceptors (Lipinski definition) is 4. The van der Waals surface area contributed by atoms with Crippen molar-refractivity contribution in [1.82, 2.24) is 9.88 Å². The van der Waals surface area contributed by atoms with E-state index in [4.69, 9.17) is 10.8 Å². The van der Waals surface area contributed by atoms with Crippen molar-refractivity contribution in [2.24, 2.45) is 0 Å². The van der Waals surface area contributed by atoms with Crippen molar-refractivity contribution in [2.75, 3.05) is 18.9 Å². The number of hydrogen-bond donors (Lipinski definition) is 2. The van der Waals surface area contributed by atoms with Crippen LogP contribution in [0.1, 0.15) is 30.6 Å². The van der Waals surface area contributed by atoms with Crippen molar-refractivity contribution >= 4 is 11.6 Å². The zero-order valence-electron chi connectivity index (χ0n) is 10.3. The lowest BCUT2D eigenvalue weighted by atomic mass is 10.1. The van der Waals surface area contributed by atoms with Crippen LogP contribution < -0.4 is 5.73 Å². The Labute approximate surface area is 101 Å². The lowest BCUT2D eigenvalue weighted by Gasteiger charge is -2.27. The van der Waals surface area contributed by atoms with E-state index in [0.29, 0.717) is 24.2 Å². The maximum atomic E-state index is 12.2. The van der Waals surface area contributed by atoms with Crippen LogP contribution in [-0.4, -0.2) is 40.1 Å². The third-order valence-corrected chi connectivity index (χ3v) is 2.52. The van der Waals surface area contributed by atoms with E-state index in [2.05, 4.69) is 4.98 Å². The van der Waals surface area contributed by atoms with Gasteiger partial charge in [-0.05, 0) is 26.3 Å². The van der Waals surface area contributed by atoms with E-state index < -0.39 is 0 Å². The fraction of sp³-hybridized carbons (Fsp3) is 0.500. The Morgan fingerprint density at radius 2 is 2.29 bits per heavy atom. The largest absolute Gasteiger partial charge is 0.397 e. The number of pyridine rings is 1. The highest BCUT2D eigenvalue weighted by Gasteiger charge is 2.19. The first kappa shape index (κ1) is 13.4. The van der Waals surface area contributed by atoms with E-state index in [9.17, 15) is 4.79 Å². The second-order valence-electron chi connectivity index (χ2n) is 4.13. The lowest BCUT2D eigenvalue weighted by Crippen LogP contribution is -2.38. The Morgan fingerprint density at radius 3 is 2.82 bits per heavy atom. The van der Waals surface area contributed by atoms with E-state index >= 15 is 0 Å². The third-order valence-electron chi connectivity index (χ3n) is 2.52. The van der Waals surface area contributed by atoms with Gasteiger partial charge in [0.05, 0.1) is 17.4 Å². The molecule has 0 unspecified atom stereocenters. The number of nitrogen functional groups attached to an aromatic ring is 1. The van der Waals surface area contributed by atoms with Crippen molar-refractivity contribution in [3.8, 4) is 0 Å². The predicted octanol–water partition coefficient (Wildman–Crippen LogP) is 0.897. The van der Waals surface area contributed by atoms with Crippen LogP contribution in [0.15, 0.2) is 18.5 Å². The van der Waals surface area contributed by atoms with Gasteiger partial charge in [-0.3, -0.25) is 9.78 Å². The summed E-state index contributed by atoms with van der Waals surface area (Å²) < 4.78 is 0. The highest BCUT2D eigenvalue weighted by atomic mass is 16.3. The topological polar surface area (TPSA) is 79.5 Å². The van der Waals surface area contributed by atoms with Gasteiger partial charge in [-0.15, -0.1) is 0 Å². The van der Waals surface area contributed by atoms with Crippen LogP contribution in [0, 0.1) is 0 Å². The van der Waals surface area contributed by atoms with Crippen molar-refractivity contribution < 1.29 is 9.90 Å². The predicted molar refractivity (Wildman–Crippen MR) is 66.5 cm³/mol. The molecule has 94 valence electrons. The molecule has 17 heavy (non-hydrogen) atoms. The van der Waals surface area contributed by atoms with Crippen LogP contribution in [-0.2, 0) is 0 Å². The molecule has 5 nitrogen and oxygen atoms in total. The summed E-state index contributed by atoms with van der Waals surface area (Å²) in [5.74, 6) is -0.117. The molecule has 1 aromatic heterocycles. The van der Waals surface area contributed by atoms with Gasteiger partial charge in [0.15, 0.2) is 0 Å². The summed E-state index contributed by atoms with van der Waals surface area (Å²) in [7, 11) is 0. The number of carbonyl (C=O) groups excluding carboxylic acids is 1. The maximum absolute atomic E-state index is 12.2. The number of aliphatic hydroxyl groups excluding tert-OH is 1. The van der Waals surface area contributed by atoms with Crippen LogP contribution in [0.25, 0.3) is 0 Å². The molecule has 0 aromatic carbocycles. The van der Waals surface area contributed by atoms with E-state index in [1.54, 1.807) is 17.2 Å². The van der Waals surface area contributed by atoms with Gasteiger partial charge in [0.1, 0.15) is 0 Å². The van der Waals surface area contributed by atoms with Gasteiger partial charge in [0, 0.05) is 25.4 Å². The number of carbonyl (C=O) groups is 1. The Kier molecular flexibility index (Phi) is 4.90. The first-order valence-corrected chi connectivity index (χ1v) is 5.69. The van der Waals surface area contributed by atoms with Crippen molar-refractivity contribution in [3.05, 3.63) is 24.0 Å². The number of anilines is 1. The molecule has 0 saturated carbocycles. The fourth-order valence-corrected chi connectivity index (χ4v) is 1.59. The molecule has 1 rings (SSSR count). The number of amides is 1. The van der Waals surface area contributed by atoms with E-state index in [0.717, 1.165) is 0 Å². The second kappa shape index (κ2) is 6.20. The van der Waals surface area contributed by atoms with Gasteiger partial charge in [-0.25, -0.2) is 0 Å². The van der Waals surface area contributed by atoms with Crippen molar-refractivity contribution in [3.63, 3.8) is 0 Å². The number of nitrogens with zero attached hydrogens (tertiary/aromatic N) is 2. The summed E-state index contributed by atoms with van der Waals surface area (Å²) in [6.07, 6.45) is 3.58. The zero-order chi connectivity index (χ0) is 12.8. The molecular weight excluding hydrogens is 218 g/mol. The normalized spacial score (nSPS) is 10.6. The first-order valence-electron chi connectivity index (χ1n) is 5.69. The van der Waals surface area contributed by atoms with Gasteiger partial charge >= 0.3 is 0 Å². The zero-order valence-corrected chi connectivity index (χ0v) is 10.3. The summed E-state index contributed by atoms with van der Waals surface area (Å²) in [4.78, 5) is 17.8. The minimum absolute atomic E-state index is 0.0709. The molecule has 0 aliphatic heterocycles. The Morgan fingerprint density at radius 1 is 1.59 bits per heavy atom. The average Bonchev–Trinajstić information content (AvgIpc) is 2.29. The van der Waals surface area contributed by atoms with E-state index in [1.165, 1.54) is 6.20 Å². The molecular formula is C12H19N3O2. The first-order chi connectivity index (χ1) is 8.07. The number of aromatic nitrogens is 1. The molecule has 5 heteroatoms. The van der Waals surface area contributed by atoms with Gasteiger partial charge in [0.25, 0.3) is 5.91 Å². The van der Waals surface area contributed by atoms with Crippen molar-refractivity contribution in [2.45, 2.75) is 26.3 Å². The number of rotatable bonds is 5. The van der Waals surface area contributed by atoms with Crippen LogP contribution in [0.3, 0.4) is 0 Å². The lowest BCUT2D eigenvalue weighted by molar-refractivity contribution is 0.0694. The second-order valence-corrected chi connectivity index (χ2v) is 4.13. The Bertz CT molecular complexity index is 380. The number of nitrogens with two attached hydrogens (primary N) is 1. The molecule has 0 atom stereocenters. The molecule has 0 aliphatic rings. The standard InChI is InChI=1S/C12H19N3O2/c1-9(2)15(6-3-7-16)12(17)10-4-5-14-8-11(10)13/h4-5,8-9,16H,3,6-7,13H2,1-2H3. The molecule has 0 bridgehead atoms. The van der Waals surface area contributed by atoms with Crippen LogP contribution in [0.5, 0.6) is 0 Å². The smallest absolute Gasteiger partial charge is 0.256 e. The molecule has 0 fully saturated rings. The van der Waals surface area contributed by atoms with Gasteiger partial charge < -0.3 is 15.7 Å². The molecule has 1 amide bonds. The van der Waals surface area contributed by atoms with Gasteiger partial charge in [0.2, 0.25) is 0 Å².